The minimum Gasteiger partial charge on any atom is -0.437 e. The Morgan fingerprint density at radius 3 is 1.01 bits per heavy atom. The van der Waals surface area contributed by atoms with Gasteiger partial charge in [-0.3, -0.25) is 0 Å². The van der Waals surface area contributed by atoms with E-state index < -0.39 is 26.4 Å². The molecule has 15 nitrogen and oxygen atoms in total. The summed E-state index contributed by atoms with van der Waals surface area (Å²) in [5.41, 5.74) is 34.6. The molecule has 612 valence electrons. The number of fused-ring (bicyclic) bond motifs is 15. The van der Waals surface area contributed by atoms with Gasteiger partial charge in [0.15, 0.2) is 58.9 Å². The molecule has 1 atom stereocenters. The number of hydrogen-bond donors (Lipinski definition) is 0. The van der Waals surface area contributed by atoms with Gasteiger partial charge < -0.3 is 22.1 Å². The number of aromatic nitrogens is 10. The van der Waals surface area contributed by atoms with E-state index in [1.54, 1.807) is 36.8 Å². The monoisotopic (exact) mass is 1620 g/mol. The molecule has 20 rings (SSSR count). The third-order valence-electron chi connectivity index (χ3n) is 23.6. The Kier molecular flexibility index (Phi) is 18.8. The maximum Gasteiger partial charge on any atom is 0.227 e. The van der Waals surface area contributed by atoms with Gasteiger partial charge in [-0.2, -0.15) is 0 Å². The van der Waals surface area contributed by atoms with Crippen LogP contribution in [0.1, 0.15) is 154 Å². The molecule has 0 fully saturated rings. The lowest BCUT2D eigenvalue weighted by Crippen LogP contribution is -2.31. The molecule has 0 amide bonds. The molecule has 0 aliphatic rings. The van der Waals surface area contributed by atoms with Gasteiger partial charge in [-0.15, -0.1) is 0 Å². The summed E-state index contributed by atoms with van der Waals surface area (Å²) < 4.78 is 119. The van der Waals surface area contributed by atoms with E-state index in [0.717, 1.165) is 172 Å². The third-order valence-corrected chi connectivity index (χ3v) is 23.6. The SMILES string of the molecule is Cc1ccc2c(n1)oc1c(-c3cc(C(C)C)cc[n+]3C)c(C)ccc12.Cc1ccc2c(n1)oc1c(-c3cc(C)c(C)c[n+]3C)c(C)cc(C)c12.[2H]C([2H])([2H])C([2H])(C)c1cc[n+](C)c(-c2c(C)ccc3c2oc2nc(C)ccc23)c1.[2H]C([2H])([2H])c1c[n+](C)c(-c2c(C)ccc3c2oc2nc(C)ccc23)cc1C.[2H]C([2H])([2H])c1ccc(-c2c(C)ccc3c2oc2nc(C)ccc23)[n+](C)c1. The zero-order chi connectivity index (χ0) is 94.9. The maximum absolute atomic E-state index is 8.47. The van der Waals surface area contributed by atoms with Gasteiger partial charge >= 0.3 is 0 Å². The van der Waals surface area contributed by atoms with Crippen LogP contribution in [-0.4, -0.2) is 24.9 Å². The predicted octanol–water partition coefficient (Wildman–Crippen LogP) is 24.5. The average Bonchev–Trinajstić information content (AvgIpc) is 1.59. The molecule has 15 heteroatoms. The fourth-order valence-corrected chi connectivity index (χ4v) is 16.8. The molecule has 0 saturated carbocycles. The van der Waals surface area contributed by atoms with Crippen molar-refractivity contribution < 1.29 is 58.6 Å². The fourth-order valence-electron chi connectivity index (χ4n) is 16.8. The summed E-state index contributed by atoms with van der Waals surface area (Å²) in [5.74, 6) is -1.23. The van der Waals surface area contributed by atoms with Crippen LogP contribution in [0.4, 0.5) is 0 Å². The second-order valence-electron chi connectivity index (χ2n) is 33.2. The zero-order valence-corrected chi connectivity index (χ0v) is 73.6. The zero-order valence-electron chi connectivity index (χ0n) is 83.6. The number of nitrogens with zero attached hydrogens (tertiary/aromatic N) is 10. The summed E-state index contributed by atoms with van der Waals surface area (Å²) in [4.78, 5) is 22.7. The number of rotatable bonds is 7. The Labute approximate surface area is 727 Å². The van der Waals surface area contributed by atoms with Gasteiger partial charge in [0.25, 0.3) is 0 Å². The normalized spacial score (nSPS) is 13.6. The Balaban J connectivity index is 0.000000120. The van der Waals surface area contributed by atoms with Crippen LogP contribution in [-0.2, 0) is 35.2 Å². The molecule has 15 aromatic heterocycles. The lowest BCUT2D eigenvalue weighted by molar-refractivity contribution is -0.660. The van der Waals surface area contributed by atoms with Crippen molar-refractivity contribution >= 4 is 110 Å². The predicted molar refractivity (Wildman–Crippen MR) is 495 cm³/mol. The van der Waals surface area contributed by atoms with Crippen molar-refractivity contribution in [3.63, 3.8) is 0 Å². The van der Waals surface area contributed by atoms with Crippen molar-refractivity contribution in [1.29, 1.82) is 0 Å². The quantitative estimate of drug-likeness (QED) is 0.141. The van der Waals surface area contributed by atoms with Crippen LogP contribution in [0.5, 0.6) is 0 Å². The minimum atomic E-state index is -2.44. The molecule has 0 spiro atoms. The molecule has 0 radical (unpaired) electrons. The van der Waals surface area contributed by atoms with E-state index in [2.05, 4.69) is 176 Å². The van der Waals surface area contributed by atoms with Crippen LogP contribution in [0.15, 0.2) is 217 Å². The van der Waals surface area contributed by atoms with Gasteiger partial charge in [0.1, 0.15) is 35.2 Å². The molecule has 20 aromatic rings. The molecular weight excluding hydrogens is 1510 g/mol. The van der Waals surface area contributed by atoms with E-state index in [4.69, 9.17) is 35.8 Å². The molecule has 0 N–H and O–H groups in total. The Morgan fingerprint density at radius 2 is 0.615 bits per heavy atom. The first-order valence-electron chi connectivity index (χ1n) is 46.2. The highest BCUT2D eigenvalue weighted by molar-refractivity contribution is 6.13. The van der Waals surface area contributed by atoms with Crippen molar-refractivity contribution in [1.82, 2.24) is 24.9 Å². The van der Waals surface area contributed by atoms with E-state index in [1.807, 2.05) is 176 Å². The smallest absolute Gasteiger partial charge is 0.227 e. The van der Waals surface area contributed by atoms with Gasteiger partial charge in [-0.1, -0.05) is 82.2 Å². The lowest BCUT2D eigenvalue weighted by atomic mass is 9.96. The summed E-state index contributed by atoms with van der Waals surface area (Å²) >= 11 is 0. The van der Waals surface area contributed by atoms with Crippen LogP contribution >= 0.6 is 0 Å². The molecule has 0 saturated heterocycles. The summed E-state index contributed by atoms with van der Waals surface area (Å²) in [5, 5.41) is 10.3. The van der Waals surface area contributed by atoms with Crippen molar-refractivity contribution in [2.45, 2.75) is 150 Å². The molecule has 1 unspecified atom stereocenters. The van der Waals surface area contributed by atoms with Crippen LogP contribution in [0.25, 0.3) is 167 Å². The van der Waals surface area contributed by atoms with Gasteiger partial charge in [0, 0.05) is 155 Å². The first kappa shape index (κ1) is 70.4. The summed E-state index contributed by atoms with van der Waals surface area (Å²) in [6, 6.07) is 54.8. The average molecular weight is 1630 g/mol. The van der Waals surface area contributed by atoms with E-state index in [0.29, 0.717) is 51.0 Å². The second kappa shape index (κ2) is 32.6. The molecule has 122 heavy (non-hydrogen) atoms. The number of benzene rings is 5. The van der Waals surface area contributed by atoms with Crippen molar-refractivity contribution in [2.75, 3.05) is 0 Å². The number of pyridine rings is 10. The Morgan fingerprint density at radius 1 is 0.279 bits per heavy atom. The largest absolute Gasteiger partial charge is 0.437 e. The lowest BCUT2D eigenvalue weighted by Gasteiger charge is -2.09. The van der Waals surface area contributed by atoms with Gasteiger partial charge in [-0.25, -0.2) is 47.8 Å². The maximum atomic E-state index is 8.47. The van der Waals surface area contributed by atoms with Gasteiger partial charge in [-0.05, 0) is 245 Å². The molecule has 5 aromatic carbocycles. The minimum absolute atomic E-state index is 0.315. The molecule has 0 aliphatic heterocycles. The van der Waals surface area contributed by atoms with Crippen LogP contribution in [0.2, 0.25) is 0 Å². The standard InChI is InChI=1S/3C22H23N2O.C21H21N2O.C20H19N2O/c1-12-10-18(24(6)11-15(12)4)20-14(3)9-13(2)19-17-8-7-16(5)23-22(17)25-21(19)20;2*1-13(2)16-10-11-24(5)19(12-16)20-14(3)6-8-17-18-9-7-15(4)23-22(18)25-21(17)20;1-12-6-8-16-17-9-7-15(4)22-21(17)24-20(16)19(12)18-10-13(2)14(3)11-23(18)5;1-12-5-10-17(22(4)11-12)18-13(2)6-8-15-16-9-7-14(3)21-20(16)23-19(15)18/h7-11H,1-6H3;2*6-13H,1-5H3;6-11H,1-5H3;5-11H,1-4H3/q5*+1/i;1D3,13D;;3D3;1D3. The van der Waals surface area contributed by atoms with E-state index >= 15 is 0 Å². The summed E-state index contributed by atoms with van der Waals surface area (Å²) in [7, 11) is 9.81. The first-order chi connectivity index (χ1) is 62.2. The van der Waals surface area contributed by atoms with E-state index in [1.165, 1.54) is 57.1 Å². The topological polar surface area (TPSA) is 150 Å². The summed E-state index contributed by atoms with van der Waals surface area (Å²) in [6.45, 7) is 27.6. The van der Waals surface area contributed by atoms with Crippen LogP contribution < -0.4 is 22.8 Å². The van der Waals surface area contributed by atoms with E-state index in [9.17, 15) is 0 Å². The highest BCUT2D eigenvalue weighted by Crippen LogP contribution is 2.44. The third kappa shape index (κ3) is 15.3. The van der Waals surface area contributed by atoms with Crippen molar-refractivity contribution in [3.05, 3.63) is 296 Å². The Hall–Kier alpha value is -13.4. The second-order valence-corrected chi connectivity index (χ2v) is 33.2. The number of hydrogen-bond acceptors (Lipinski definition) is 10. The first-order valence-corrected chi connectivity index (χ1v) is 41.2. The van der Waals surface area contributed by atoms with Crippen LogP contribution in [0.3, 0.4) is 0 Å². The molecular formula is C107H109N10O5+5. The van der Waals surface area contributed by atoms with Gasteiger partial charge in [0.2, 0.25) is 57.0 Å². The molecule has 0 aliphatic carbocycles. The fraction of sp³-hybridized carbons (Fsp3) is 0.252. The van der Waals surface area contributed by atoms with E-state index in [-0.39, 0.29) is 0 Å². The molecule has 0 bridgehead atoms. The van der Waals surface area contributed by atoms with Gasteiger partial charge in [0.05, 0.1) is 27.8 Å². The Bertz CT molecular complexity index is 8060. The highest BCUT2D eigenvalue weighted by Gasteiger charge is 2.29. The van der Waals surface area contributed by atoms with Crippen LogP contribution in [0, 0.1) is 111 Å². The van der Waals surface area contributed by atoms with Crippen molar-refractivity contribution in [2.24, 2.45) is 35.2 Å². The van der Waals surface area contributed by atoms with Crippen molar-refractivity contribution in [3.8, 4) is 56.3 Å². The number of aryl methyl sites for hydroxylation is 21. The summed E-state index contributed by atoms with van der Waals surface area (Å²) in [6.07, 6.45) is 9.47. The number of furan rings is 5. The highest BCUT2D eigenvalue weighted by atomic mass is 16.4. The molecule has 15 heterocycles.